The molecule has 3 aliphatic rings. The molecule has 0 spiro atoms. The number of allylic oxidation sites excluding steroid dienone is 1. The second-order valence-corrected chi connectivity index (χ2v) is 8.90. The van der Waals surface area contributed by atoms with Gasteiger partial charge in [-0.05, 0) is 50.1 Å². The summed E-state index contributed by atoms with van der Waals surface area (Å²) in [5.74, 6) is 1.18. The number of carbonyl (C=O) groups is 2. The van der Waals surface area contributed by atoms with E-state index in [0.717, 1.165) is 27.9 Å². The number of hydrogen-bond acceptors (Lipinski definition) is 6. The van der Waals surface area contributed by atoms with Crippen molar-refractivity contribution < 1.29 is 23.8 Å². The number of fused-ring (bicyclic) bond motifs is 5. The van der Waals surface area contributed by atoms with Crippen LogP contribution in [0.2, 0.25) is 0 Å². The molecular formula is C26H29N3O5. The van der Waals surface area contributed by atoms with E-state index in [9.17, 15) is 9.59 Å². The summed E-state index contributed by atoms with van der Waals surface area (Å²) in [4.78, 5) is 20.9. The molecule has 0 saturated carbocycles. The molecule has 0 radical (unpaired) electrons. The zero-order valence-electron chi connectivity index (χ0n) is 20.0. The van der Waals surface area contributed by atoms with Gasteiger partial charge in [-0.1, -0.05) is 18.2 Å². The van der Waals surface area contributed by atoms with E-state index in [1.807, 2.05) is 12.1 Å². The van der Waals surface area contributed by atoms with Crippen molar-refractivity contribution >= 4 is 23.3 Å². The van der Waals surface area contributed by atoms with E-state index in [1.165, 1.54) is 12.5 Å². The Labute approximate surface area is 198 Å². The van der Waals surface area contributed by atoms with Crippen LogP contribution in [0.25, 0.3) is 16.7 Å². The molecule has 2 aromatic rings. The molecular weight excluding hydrogens is 434 g/mol. The van der Waals surface area contributed by atoms with Crippen LogP contribution in [0.5, 0.6) is 17.2 Å². The normalized spacial score (nSPS) is 17.9. The van der Waals surface area contributed by atoms with Gasteiger partial charge in [0.2, 0.25) is 0 Å². The molecule has 0 bridgehead atoms. The molecule has 3 aliphatic heterocycles. The van der Waals surface area contributed by atoms with Crippen molar-refractivity contribution in [2.45, 2.75) is 45.8 Å². The highest BCUT2D eigenvalue weighted by atomic mass is 16.6. The molecule has 8 nitrogen and oxygen atoms in total. The molecule has 2 amide bonds. The van der Waals surface area contributed by atoms with Gasteiger partial charge in [0.15, 0.2) is 11.5 Å². The molecule has 1 unspecified atom stereocenters. The highest BCUT2D eigenvalue weighted by molar-refractivity contribution is 5.92. The third-order valence-corrected chi connectivity index (χ3v) is 5.68. The smallest absolute Gasteiger partial charge is 0.352 e. The standard InChI is InChI=1S/C25H27NO4.CH2N2O/c1-7-8-18-22-16(9-10-17-21(22)14(2)13-25(4,5)26-17)23-19(30-18)11-12-20(24(23)28-6)29-15(3)27;4-1-2-3-1/h7,9-13,18,26H,1,8H2,2-6H3;(H2,2,3,4). The van der Waals surface area contributed by atoms with E-state index < -0.39 is 5.97 Å². The molecule has 5 rings (SSSR count). The van der Waals surface area contributed by atoms with Crippen molar-refractivity contribution in [1.82, 2.24) is 10.9 Å². The first-order valence-electron chi connectivity index (χ1n) is 11.0. The summed E-state index contributed by atoms with van der Waals surface area (Å²) in [6, 6.07) is 7.65. The fraction of sp³-hybridized carbons (Fsp3) is 0.308. The minimum Gasteiger partial charge on any atom is -0.492 e. The van der Waals surface area contributed by atoms with Crippen LogP contribution in [0, 0.1) is 0 Å². The van der Waals surface area contributed by atoms with Crippen molar-refractivity contribution in [1.29, 1.82) is 0 Å². The molecule has 1 saturated heterocycles. The van der Waals surface area contributed by atoms with Crippen molar-refractivity contribution in [3.05, 3.63) is 54.1 Å². The number of hydrogen-bond donors (Lipinski definition) is 3. The lowest BCUT2D eigenvalue weighted by Gasteiger charge is -2.37. The number of nitrogens with one attached hydrogen (secondary N) is 3. The number of rotatable bonds is 4. The SMILES string of the molecule is C=CCC1Oc2ccc(OC(C)=O)c(OC)c2-c2ccc3c(c21)C(C)=CC(C)(C)N3.O=C1NN1. The fourth-order valence-electron chi connectivity index (χ4n) is 4.59. The monoisotopic (exact) mass is 463 g/mol. The van der Waals surface area contributed by atoms with E-state index in [4.69, 9.17) is 14.2 Å². The van der Waals surface area contributed by atoms with Crippen LogP contribution >= 0.6 is 0 Å². The van der Waals surface area contributed by atoms with Crippen LogP contribution in [0.15, 0.2) is 43.0 Å². The Balaban J connectivity index is 0.000000620. The maximum atomic E-state index is 11.6. The van der Waals surface area contributed by atoms with E-state index >= 15 is 0 Å². The Morgan fingerprint density at radius 2 is 1.91 bits per heavy atom. The number of urea groups is 1. The van der Waals surface area contributed by atoms with Gasteiger partial charge in [-0.15, -0.1) is 6.58 Å². The van der Waals surface area contributed by atoms with Gasteiger partial charge in [0.25, 0.3) is 0 Å². The van der Waals surface area contributed by atoms with Crippen LogP contribution in [-0.4, -0.2) is 24.6 Å². The van der Waals surface area contributed by atoms with Crippen molar-refractivity contribution in [3.8, 4) is 28.4 Å². The largest absolute Gasteiger partial charge is 0.492 e. The first-order valence-corrected chi connectivity index (χ1v) is 11.0. The zero-order chi connectivity index (χ0) is 24.6. The summed E-state index contributed by atoms with van der Waals surface area (Å²) < 4.78 is 17.5. The lowest BCUT2D eigenvalue weighted by molar-refractivity contribution is -0.132. The Hall–Kier alpha value is -3.94. The molecule has 2 aromatic carbocycles. The maximum absolute atomic E-state index is 11.6. The number of carbonyl (C=O) groups excluding carboxylic acids is 2. The first kappa shape index (κ1) is 23.2. The van der Waals surface area contributed by atoms with Crippen LogP contribution in [0.1, 0.15) is 51.3 Å². The minimum absolute atomic E-state index is 0.0833. The number of benzene rings is 2. The summed E-state index contributed by atoms with van der Waals surface area (Å²) in [5.41, 5.74) is 10.6. The van der Waals surface area contributed by atoms with Crippen molar-refractivity contribution in [2.75, 3.05) is 12.4 Å². The molecule has 0 aliphatic carbocycles. The molecule has 0 aromatic heterocycles. The van der Waals surface area contributed by atoms with E-state index in [2.05, 4.69) is 61.7 Å². The van der Waals surface area contributed by atoms with Gasteiger partial charge in [-0.25, -0.2) is 15.6 Å². The van der Waals surface area contributed by atoms with Crippen molar-refractivity contribution in [3.63, 3.8) is 0 Å². The Bertz CT molecular complexity index is 1210. The minimum atomic E-state index is -0.398. The van der Waals surface area contributed by atoms with Crippen molar-refractivity contribution in [2.24, 2.45) is 0 Å². The molecule has 178 valence electrons. The average Bonchev–Trinajstić information content (AvgIpc) is 3.54. The van der Waals surface area contributed by atoms with Crippen LogP contribution in [0.4, 0.5) is 10.5 Å². The maximum Gasteiger partial charge on any atom is 0.352 e. The molecule has 8 heteroatoms. The summed E-state index contributed by atoms with van der Waals surface area (Å²) in [7, 11) is 1.58. The van der Waals surface area contributed by atoms with Crippen LogP contribution in [-0.2, 0) is 4.79 Å². The predicted molar refractivity (Wildman–Crippen MR) is 131 cm³/mol. The molecule has 1 atom stereocenters. The molecule has 34 heavy (non-hydrogen) atoms. The van der Waals surface area contributed by atoms with Gasteiger partial charge in [-0.3, -0.25) is 4.79 Å². The number of ether oxygens (including phenoxy) is 3. The summed E-state index contributed by atoms with van der Waals surface area (Å²) >= 11 is 0. The van der Waals surface area contributed by atoms with Gasteiger partial charge in [0.1, 0.15) is 11.9 Å². The number of methoxy groups -OCH3 is 1. The summed E-state index contributed by atoms with van der Waals surface area (Å²) in [6.07, 6.45) is 4.62. The topological polar surface area (TPSA) is 118 Å². The van der Waals surface area contributed by atoms with E-state index in [0.29, 0.717) is 23.7 Å². The van der Waals surface area contributed by atoms with Gasteiger partial charge in [0, 0.05) is 30.2 Å². The van der Waals surface area contributed by atoms with Gasteiger partial charge < -0.3 is 19.5 Å². The van der Waals surface area contributed by atoms with E-state index in [-0.39, 0.29) is 17.7 Å². The third kappa shape index (κ3) is 4.44. The summed E-state index contributed by atoms with van der Waals surface area (Å²) in [6.45, 7) is 11.7. The third-order valence-electron chi connectivity index (χ3n) is 5.68. The lowest BCUT2D eigenvalue weighted by Crippen LogP contribution is -2.32. The number of amides is 2. The fourth-order valence-corrected chi connectivity index (χ4v) is 4.59. The van der Waals surface area contributed by atoms with Crippen LogP contribution < -0.4 is 30.4 Å². The predicted octanol–water partition coefficient (Wildman–Crippen LogP) is 5.12. The molecule has 3 N–H and O–H groups in total. The summed E-state index contributed by atoms with van der Waals surface area (Å²) in [5, 5.41) is 3.61. The second-order valence-electron chi connectivity index (χ2n) is 8.90. The van der Waals surface area contributed by atoms with E-state index in [1.54, 1.807) is 13.2 Å². The van der Waals surface area contributed by atoms with Gasteiger partial charge in [-0.2, -0.15) is 0 Å². The highest BCUT2D eigenvalue weighted by Crippen LogP contribution is 2.54. The Morgan fingerprint density at radius 1 is 1.21 bits per heavy atom. The zero-order valence-corrected chi connectivity index (χ0v) is 20.0. The molecule has 3 heterocycles. The first-order chi connectivity index (χ1) is 16.1. The highest BCUT2D eigenvalue weighted by Gasteiger charge is 2.35. The number of esters is 1. The number of anilines is 1. The second kappa shape index (κ2) is 8.78. The number of hydrazine groups is 1. The Morgan fingerprint density at radius 3 is 2.50 bits per heavy atom. The lowest BCUT2D eigenvalue weighted by atomic mass is 9.81. The van der Waals surface area contributed by atoms with Crippen LogP contribution in [0.3, 0.4) is 0 Å². The quantitative estimate of drug-likeness (QED) is 0.251. The molecule has 1 fully saturated rings. The van der Waals surface area contributed by atoms with Gasteiger partial charge in [0.05, 0.1) is 18.2 Å². The Kier molecular flexibility index (Phi) is 6.00. The average molecular weight is 464 g/mol. The van der Waals surface area contributed by atoms with Gasteiger partial charge >= 0.3 is 12.0 Å².